The van der Waals surface area contributed by atoms with Crippen LogP contribution in [0.25, 0.3) is 11.1 Å². The van der Waals surface area contributed by atoms with Gasteiger partial charge >= 0.3 is 6.03 Å². The average molecular weight is 472 g/mol. The Labute approximate surface area is 192 Å². The Morgan fingerprint density at radius 1 is 0.875 bits per heavy atom. The third kappa shape index (κ3) is 5.11. The van der Waals surface area contributed by atoms with E-state index in [4.69, 9.17) is 16.3 Å². The van der Waals surface area contributed by atoms with Gasteiger partial charge in [-0.2, -0.15) is 4.31 Å². The molecule has 0 aromatic heterocycles. The van der Waals surface area contributed by atoms with E-state index in [1.54, 1.807) is 12.1 Å². The second-order valence-corrected chi connectivity index (χ2v) is 9.53. The second-order valence-electron chi connectivity index (χ2n) is 7.18. The van der Waals surface area contributed by atoms with Crippen LogP contribution in [0, 0.1) is 0 Å². The monoisotopic (exact) mass is 471 g/mol. The van der Waals surface area contributed by atoms with Gasteiger partial charge in [0.25, 0.3) is 0 Å². The minimum atomic E-state index is -3.70. The molecule has 0 radical (unpaired) electrons. The van der Waals surface area contributed by atoms with E-state index in [0.29, 0.717) is 18.9 Å². The zero-order valence-corrected chi connectivity index (χ0v) is 18.7. The third-order valence-electron chi connectivity index (χ3n) is 5.04. The average Bonchev–Trinajstić information content (AvgIpc) is 2.82. The van der Waals surface area contributed by atoms with Crippen LogP contribution in [0.15, 0.2) is 77.7 Å². The van der Waals surface area contributed by atoms with E-state index in [9.17, 15) is 13.2 Å². The van der Waals surface area contributed by atoms with Crippen molar-refractivity contribution < 1.29 is 17.9 Å². The number of rotatable bonds is 5. The Balaban J connectivity index is 1.45. The van der Waals surface area contributed by atoms with Crippen molar-refractivity contribution in [3.63, 3.8) is 0 Å². The molecule has 0 spiro atoms. The summed E-state index contributed by atoms with van der Waals surface area (Å²) in [5.41, 5.74) is 2.91. The molecular formula is C23H22ClN3O4S. The quantitative estimate of drug-likeness (QED) is 0.566. The largest absolute Gasteiger partial charge is 0.379 e. The number of nitrogens with zero attached hydrogens (tertiary/aromatic N) is 1. The molecule has 3 aromatic rings. The van der Waals surface area contributed by atoms with Gasteiger partial charge in [0, 0.05) is 18.8 Å². The van der Waals surface area contributed by atoms with E-state index in [0.717, 1.165) is 11.1 Å². The van der Waals surface area contributed by atoms with E-state index in [-0.39, 0.29) is 28.7 Å². The summed E-state index contributed by atoms with van der Waals surface area (Å²) in [5, 5.41) is 5.60. The van der Waals surface area contributed by atoms with Gasteiger partial charge in [-0.1, -0.05) is 54.1 Å². The zero-order chi connectivity index (χ0) is 22.6. The summed E-state index contributed by atoms with van der Waals surface area (Å²) >= 11 is 6.20. The zero-order valence-electron chi connectivity index (χ0n) is 17.1. The minimum absolute atomic E-state index is 0.0614. The summed E-state index contributed by atoms with van der Waals surface area (Å²) in [4.78, 5) is 12.6. The van der Waals surface area contributed by atoms with Gasteiger partial charge in [-0.25, -0.2) is 13.2 Å². The number of nitrogens with one attached hydrogen (secondary N) is 2. The molecule has 2 N–H and O–H groups in total. The fourth-order valence-corrected chi connectivity index (χ4v) is 4.96. The number of ether oxygens (including phenoxy) is 1. The predicted molar refractivity (Wildman–Crippen MR) is 126 cm³/mol. The summed E-state index contributed by atoms with van der Waals surface area (Å²) in [6.45, 7) is 1.27. The number of urea groups is 1. The van der Waals surface area contributed by atoms with Crippen molar-refractivity contribution in [3.8, 4) is 11.1 Å². The van der Waals surface area contributed by atoms with Gasteiger partial charge in [-0.15, -0.1) is 0 Å². The number of carbonyl (C=O) groups excluding carboxylic acids is 1. The van der Waals surface area contributed by atoms with Gasteiger partial charge in [0.2, 0.25) is 10.0 Å². The van der Waals surface area contributed by atoms with Crippen LogP contribution < -0.4 is 10.6 Å². The van der Waals surface area contributed by atoms with Crippen LogP contribution in [0.1, 0.15) is 0 Å². The summed E-state index contributed by atoms with van der Waals surface area (Å²) in [6.07, 6.45) is 0. The summed E-state index contributed by atoms with van der Waals surface area (Å²) < 4.78 is 32.3. The van der Waals surface area contributed by atoms with E-state index >= 15 is 0 Å². The summed E-state index contributed by atoms with van der Waals surface area (Å²) in [7, 11) is -3.70. The number of benzene rings is 3. The van der Waals surface area contributed by atoms with Crippen LogP contribution in [0.3, 0.4) is 0 Å². The van der Waals surface area contributed by atoms with Crippen LogP contribution in [0.2, 0.25) is 5.02 Å². The van der Waals surface area contributed by atoms with Crippen molar-refractivity contribution in [2.75, 3.05) is 36.9 Å². The Hall–Kier alpha value is -2.91. The van der Waals surface area contributed by atoms with Crippen LogP contribution in [0.4, 0.5) is 16.2 Å². The van der Waals surface area contributed by atoms with Crippen molar-refractivity contribution in [3.05, 3.63) is 77.8 Å². The van der Waals surface area contributed by atoms with E-state index in [2.05, 4.69) is 10.6 Å². The first-order valence-electron chi connectivity index (χ1n) is 10.0. The highest BCUT2D eigenvalue weighted by Crippen LogP contribution is 2.28. The molecule has 166 valence electrons. The summed E-state index contributed by atoms with van der Waals surface area (Å²) in [5.74, 6) is 0. The van der Waals surface area contributed by atoms with Gasteiger partial charge < -0.3 is 15.4 Å². The first kappa shape index (κ1) is 22.3. The standard InChI is InChI=1S/C23H22ClN3O4S/c24-21-11-10-20(32(29,30)27-12-14-31-15-13-27)16-22(21)26-23(28)25-19-8-6-18(7-9-19)17-4-2-1-3-5-17/h1-11,16H,12-15H2,(H2,25,26,28). The lowest BCUT2D eigenvalue weighted by molar-refractivity contribution is 0.0730. The molecule has 32 heavy (non-hydrogen) atoms. The molecule has 9 heteroatoms. The number of amides is 2. The maximum absolute atomic E-state index is 12.9. The Kier molecular flexibility index (Phi) is 6.76. The molecule has 4 rings (SSSR count). The first-order valence-corrected chi connectivity index (χ1v) is 11.9. The van der Waals surface area contributed by atoms with Crippen molar-refractivity contribution >= 4 is 39.0 Å². The maximum atomic E-state index is 12.9. The van der Waals surface area contributed by atoms with E-state index < -0.39 is 16.1 Å². The molecule has 0 unspecified atom stereocenters. The lowest BCUT2D eigenvalue weighted by Crippen LogP contribution is -2.40. The highest BCUT2D eigenvalue weighted by atomic mass is 35.5. The minimum Gasteiger partial charge on any atom is -0.379 e. The van der Waals surface area contributed by atoms with Gasteiger partial charge in [-0.3, -0.25) is 0 Å². The molecule has 0 aliphatic carbocycles. The predicted octanol–water partition coefficient (Wildman–Crippen LogP) is 4.67. The van der Waals surface area contributed by atoms with Crippen LogP contribution in [-0.4, -0.2) is 45.1 Å². The molecule has 3 aromatic carbocycles. The van der Waals surface area contributed by atoms with Crippen molar-refractivity contribution in [2.45, 2.75) is 4.90 Å². The molecule has 0 bridgehead atoms. The number of hydrogen-bond acceptors (Lipinski definition) is 4. The number of hydrogen-bond donors (Lipinski definition) is 2. The lowest BCUT2D eigenvalue weighted by atomic mass is 10.1. The number of halogens is 1. The van der Waals surface area contributed by atoms with Gasteiger partial charge in [0.1, 0.15) is 0 Å². The van der Waals surface area contributed by atoms with Crippen LogP contribution in [-0.2, 0) is 14.8 Å². The van der Waals surface area contributed by atoms with Gasteiger partial charge in [-0.05, 0) is 41.5 Å². The fourth-order valence-electron chi connectivity index (χ4n) is 3.36. The SMILES string of the molecule is O=C(Nc1ccc(-c2ccccc2)cc1)Nc1cc(S(=O)(=O)N2CCOCC2)ccc1Cl. The second kappa shape index (κ2) is 9.70. The molecule has 1 saturated heterocycles. The number of carbonyl (C=O) groups is 1. The van der Waals surface area contributed by atoms with Crippen LogP contribution >= 0.6 is 11.6 Å². The third-order valence-corrected chi connectivity index (χ3v) is 7.27. The number of morpholine rings is 1. The Morgan fingerprint density at radius 2 is 1.53 bits per heavy atom. The molecule has 2 amide bonds. The Bertz CT molecular complexity index is 1200. The fraction of sp³-hybridized carbons (Fsp3) is 0.174. The van der Waals surface area contributed by atoms with Gasteiger partial charge in [0.15, 0.2) is 0 Å². The van der Waals surface area contributed by atoms with E-state index in [1.807, 2.05) is 42.5 Å². The topological polar surface area (TPSA) is 87.7 Å². The van der Waals surface area contributed by atoms with Crippen LogP contribution in [0.5, 0.6) is 0 Å². The molecule has 1 heterocycles. The summed E-state index contributed by atoms with van der Waals surface area (Å²) in [6, 6.07) is 21.0. The highest BCUT2D eigenvalue weighted by Gasteiger charge is 2.27. The van der Waals surface area contributed by atoms with Crippen molar-refractivity contribution in [1.29, 1.82) is 0 Å². The lowest BCUT2D eigenvalue weighted by Gasteiger charge is -2.26. The molecule has 1 aliphatic heterocycles. The smallest absolute Gasteiger partial charge is 0.323 e. The molecule has 1 fully saturated rings. The Morgan fingerprint density at radius 3 is 2.22 bits per heavy atom. The van der Waals surface area contributed by atoms with Crippen molar-refractivity contribution in [1.82, 2.24) is 4.31 Å². The molecular weight excluding hydrogens is 450 g/mol. The molecule has 7 nitrogen and oxygen atoms in total. The molecule has 0 saturated carbocycles. The molecule has 0 atom stereocenters. The maximum Gasteiger partial charge on any atom is 0.323 e. The first-order chi connectivity index (χ1) is 15.4. The number of anilines is 2. The number of sulfonamides is 1. The normalized spacial score (nSPS) is 14.7. The van der Waals surface area contributed by atoms with Gasteiger partial charge in [0.05, 0.1) is 28.8 Å². The highest BCUT2D eigenvalue weighted by molar-refractivity contribution is 7.89. The van der Waals surface area contributed by atoms with E-state index in [1.165, 1.54) is 22.5 Å². The van der Waals surface area contributed by atoms with Crippen molar-refractivity contribution in [2.24, 2.45) is 0 Å². The molecule has 1 aliphatic rings.